The van der Waals surface area contributed by atoms with Crippen LogP contribution in [0.5, 0.6) is 5.75 Å². The number of ether oxygens (including phenoxy) is 1. The Labute approximate surface area is 142 Å². The van der Waals surface area contributed by atoms with Crippen molar-refractivity contribution in [2.75, 3.05) is 11.9 Å². The molecule has 0 spiro atoms. The largest absolute Gasteiger partial charge is 0.492 e. The molecule has 1 amide bonds. The SMILES string of the molecule is CCOc1ccccc1Nc1ccc(C(=O)NC2CCCC2)cn1. The van der Waals surface area contributed by atoms with Crippen LogP contribution in [0.4, 0.5) is 11.5 Å². The smallest absolute Gasteiger partial charge is 0.253 e. The number of pyridine rings is 1. The van der Waals surface area contributed by atoms with E-state index in [1.54, 1.807) is 12.3 Å². The van der Waals surface area contributed by atoms with E-state index in [0.717, 1.165) is 24.3 Å². The minimum Gasteiger partial charge on any atom is -0.492 e. The molecule has 1 aromatic heterocycles. The quantitative estimate of drug-likeness (QED) is 0.845. The zero-order valence-electron chi connectivity index (χ0n) is 13.9. The highest BCUT2D eigenvalue weighted by molar-refractivity contribution is 5.94. The Kier molecular flexibility index (Phi) is 5.31. The molecule has 0 atom stereocenters. The lowest BCUT2D eigenvalue weighted by atomic mass is 10.2. The molecule has 1 aliphatic rings. The topological polar surface area (TPSA) is 63.2 Å². The first-order valence-electron chi connectivity index (χ1n) is 8.52. The van der Waals surface area contributed by atoms with Gasteiger partial charge in [0.25, 0.3) is 5.91 Å². The number of rotatable bonds is 6. The van der Waals surface area contributed by atoms with Crippen molar-refractivity contribution in [1.29, 1.82) is 0 Å². The minimum absolute atomic E-state index is 0.0457. The lowest BCUT2D eigenvalue weighted by Crippen LogP contribution is -2.32. The van der Waals surface area contributed by atoms with Crippen molar-refractivity contribution in [3.05, 3.63) is 48.2 Å². The number of para-hydroxylation sites is 2. The fourth-order valence-electron chi connectivity index (χ4n) is 2.93. The predicted molar refractivity (Wildman–Crippen MR) is 94.9 cm³/mol. The zero-order valence-corrected chi connectivity index (χ0v) is 13.9. The summed E-state index contributed by atoms with van der Waals surface area (Å²) < 4.78 is 5.59. The summed E-state index contributed by atoms with van der Waals surface area (Å²) in [5.41, 5.74) is 1.44. The van der Waals surface area contributed by atoms with Crippen molar-refractivity contribution in [3.8, 4) is 5.75 Å². The van der Waals surface area contributed by atoms with Gasteiger partial charge in [-0.2, -0.15) is 0 Å². The Balaban J connectivity index is 1.65. The Morgan fingerprint density at radius 2 is 2.00 bits per heavy atom. The second-order valence-electron chi connectivity index (χ2n) is 5.94. The Bertz CT molecular complexity index is 679. The van der Waals surface area contributed by atoms with Crippen molar-refractivity contribution in [1.82, 2.24) is 10.3 Å². The molecule has 0 unspecified atom stereocenters. The normalized spacial score (nSPS) is 14.4. The number of aromatic nitrogens is 1. The van der Waals surface area contributed by atoms with Crippen LogP contribution in [0.1, 0.15) is 43.0 Å². The van der Waals surface area contributed by atoms with Crippen LogP contribution in [0, 0.1) is 0 Å². The average Bonchev–Trinajstić information content (AvgIpc) is 3.10. The summed E-state index contributed by atoms with van der Waals surface area (Å²) in [5, 5.41) is 6.30. The van der Waals surface area contributed by atoms with Crippen molar-refractivity contribution in [2.45, 2.75) is 38.6 Å². The van der Waals surface area contributed by atoms with E-state index in [4.69, 9.17) is 4.74 Å². The molecule has 0 bridgehead atoms. The molecule has 0 radical (unpaired) electrons. The lowest BCUT2D eigenvalue weighted by Gasteiger charge is -2.13. The van der Waals surface area contributed by atoms with Crippen molar-refractivity contribution in [2.24, 2.45) is 0 Å². The van der Waals surface area contributed by atoms with Crippen LogP contribution < -0.4 is 15.4 Å². The molecule has 126 valence electrons. The molecule has 3 rings (SSSR count). The van der Waals surface area contributed by atoms with Gasteiger partial charge in [0, 0.05) is 12.2 Å². The van der Waals surface area contributed by atoms with Gasteiger partial charge in [0.2, 0.25) is 0 Å². The number of carbonyl (C=O) groups is 1. The highest BCUT2D eigenvalue weighted by Gasteiger charge is 2.18. The van der Waals surface area contributed by atoms with E-state index in [9.17, 15) is 4.79 Å². The van der Waals surface area contributed by atoms with Crippen LogP contribution in [-0.4, -0.2) is 23.5 Å². The average molecular weight is 325 g/mol. The number of amides is 1. The van der Waals surface area contributed by atoms with Gasteiger partial charge in [-0.1, -0.05) is 25.0 Å². The molecule has 2 N–H and O–H groups in total. The minimum atomic E-state index is -0.0457. The molecule has 1 fully saturated rings. The molecule has 2 aromatic rings. The number of anilines is 2. The van der Waals surface area contributed by atoms with Crippen molar-refractivity contribution < 1.29 is 9.53 Å². The number of nitrogens with zero attached hydrogens (tertiary/aromatic N) is 1. The lowest BCUT2D eigenvalue weighted by molar-refractivity contribution is 0.0937. The fraction of sp³-hybridized carbons (Fsp3) is 0.368. The van der Waals surface area contributed by atoms with Crippen LogP contribution in [0.25, 0.3) is 0 Å². The Morgan fingerprint density at radius 1 is 1.21 bits per heavy atom. The number of nitrogens with one attached hydrogen (secondary N) is 2. The Hall–Kier alpha value is -2.56. The summed E-state index contributed by atoms with van der Waals surface area (Å²) >= 11 is 0. The molecule has 1 saturated carbocycles. The van der Waals surface area contributed by atoms with Gasteiger partial charge in [-0.3, -0.25) is 4.79 Å². The summed E-state index contributed by atoms with van der Waals surface area (Å²) in [6, 6.07) is 11.6. The third-order valence-corrected chi connectivity index (χ3v) is 4.17. The van der Waals surface area contributed by atoms with E-state index >= 15 is 0 Å². The molecule has 0 aliphatic heterocycles. The van der Waals surface area contributed by atoms with Crippen LogP contribution in [0.2, 0.25) is 0 Å². The highest BCUT2D eigenvalue weighted by atomic mass is 16.5. The number of hydrogen-bond acceptors (Lipinski definition) is 4. The summed E-state index contributed by atoms with van der Waals surface area (Å²) in [4.78, 5) is 16.6. The molecule has 5 nitrogen and oxygen atoms in total. The highest BCUT2D eigenvalue weighted by Crippen LogP contribution is 2.26. The second-order valence-corrected chi connectivity index (χ2v) is 5.94. The molecule has 0 saturated heterocycles. The first-order valence-corrected chi connectivity index (χ1v) is 8.52. The van der Waals surface area contributed by atoms with Gasteiger partial charge in [-0.05, 0) is 44.0 Å². The van der Waals surface area contributed by atoms with Gasteiger partial charge in [0.05, 0.1) is 17.9 Å². The van der Waals surface area contributed by atoms with E-state index in [0.29, 0.717) is 24.0 Å². The maximum absolute atomic E-state index is 12.2. The van der Waals surface area contributed by atoms with E-state index in [1.807, 2.05) is 37.3 Å². The van der Waals surface area contributed by atoms with Gasteiger partial charge in [-0.15, -0.1) is 0 Å². The van der Waals surface area contributed by atoms with E-state index in [-0.39, 0.29) is 5.91 Å². The van der Waals surface area contributed by atoms with Crippen molar-refractivity contribution >= 4 is 17.4 Å². The molecular formula is C19H23N3O2. The van der Waals surface area contributed by atoms with Crippen LogP contribution >= 0.6 is 0 Å². The summed E-state index contributed by atoms with van der Waals surface area (Å²) in [7, 11) is 0. The second kappa shape index (κ2) is 7.81. The molecule has 1 aliphatic carbocycles. The van der Waals surface area contributed by atoms with Crippen LogP contribution in [-0.2, 0) is 0 Å². The molecule has 5 heteroatoms. The molecule has 24 heavy (non-hydrogen) atoms. The summed E-state index contributed by atoms with van der Waals surface area (Å²) in [6.45, 7) is 2.55. The summed E-state index contributed by atoms with van der Waals surface area (Å²) in [5.74, 6) is 1.42. The molecular weight excluding hydrogens is 302 g/mol. The number of hydrogen-bond donors (Lipinski definition) is 2. The van der Waals surface area contributed by atoms with Gasteiger partial charge in [-0.25, -0.2) is 4.98 Å². The predicted octanol–water partition coefficient (Wildman–Crippen LogP) is 3.90. The fourth-order valence-corrected chi connectivity index (χ4v) is 2.93. The first-order chi connectivity index (χ1) is 11.8. The first kappa shape index (κ1) is 16.3. The molecule has 1 heterocycles. The third kappa shape index (κ3) is 4.04. The standard InChI is InChI=1S/C19H23N3O2/c1-2-24-17-10-6-5-9-16(17)22-18-12-11-14(13-20-18)19(23)21-15-7-3-4-8-15/h5-6,9-13,15H,2-4,7-8H2,1H3,(H,20,22)(H,21,23). The van der Waals surface area contributed by atoms with E-state index in [1.165, 1.54) is 12.8 Å². The maximum Gasteiger partial charge on any atom is 0.253 e. The zero-order chi connectivity index (χ0) is 16.8. The van der Waals surface area contributed by atoms with E-state index < -0.39 is 0 Å². The monoisotopic (exact) mass is 325 g/mol. The molecule has 1 aromatic carbocycles. The van der Waals surface area contributed by atoms with Crippen molar-refractivity contribution in [3.63, 3.8) is 0 Å². The maximum atomic E-state index is 12.2. The van der Waals surface area contributed by atoms with Gasteiger partial charge in [0.1, 0.15) is 11.6 Å². The number of benzene rings is 1. The summed E-state index contributed by atoms with van der Waals surface area (Å²) in [6.07, 6.45) is 6.16. The van der Waals surface area contributed by atoms with Gasteiger partial charge >= 0.3 is 0 Å². The van der Waals surface area contributed by atoms with Gasteiger partial charge < -0.3 is 15.4 Å². The Morgan fingerprint density at radius 3 is 2.71 bits per heavy atom. The third-order valence-electron chi connectivity index (χ3n) is 4.17. The van der Waals surface area contributed by atoms with E-state index in [2.05, 4.69) is 15.6 Å². The number of carbonyl (C=O) groups excluding carboxylic acids is 1. The van der Waals surface area contributed by atoms with Crippen LogP contribution in [0.3, 0.4) is 0 Å². The van der Waals surface area contributed by atoms with Crippen LogP contribution in [0.15, 0.2) is 42.6 Å². The van der Waals surface area contributed by atoms with Gasteiger partial charge in [0.15, 0.2) is 0 Å².